The lowest BCUT2D eigenvalue weighted by Gasteiger charge is -2.10. The Bertz CT molecular complexity index is 600. The summed E-state index contributed by atoms with van der Waals surface area (Å²) in [7, 11) is 3.17. The Morgan fingerprint density at radius 3 is 2.76 bits per heavy atom. The molecule has 0 unspecified atom stereocenters. The zero-order valence-corrected chi connectivity index (χ0v) is 12.1. The lowest BCUT2D eigenvalue weighted by molar-refractivity contribution is -0.120. The maximum absolute atomic E-state index is 12.0. The molecular formula is C16H18N2O3. The number of carbonyl (C=O) groups is 1. The second-order valence-electron chi connectivity index (χ2n) is 4.49. The van der Waals surface area contributed by atoms with Crippen LogP contribution in [0.1, 0.15) is 11.1 Å². The minimum absolute atomic E-state index is 0.0783. The van der Waals surface area contributed by atoms with Crippen molar-refractivity contribution < 1.29 is 14.3 Å². The molecule has 0 aliphatic carbocycles. The zero-order valence-electron chi connectivity index (χ0n) is 12.1. The fraction of sp³-hybridized carbons (Fsp3) is 0.250. The average molecular weight is 286 g/mol. The third-order valence-electron chi connectivity index (χ3n) is 3.05. The lowest BCUT2D eigenvalue weighted by atomic mass is 10.1. The van der Waals surface area contributed by atoms with Crippen molar-refractivity contribution in [1.82, 2.24) is 10.3 Å². The number of hydrogen-bond acceptors (Lipinski definition) is 4. The number of hydrogen-bond donors (Lipinski definition) is 1. The first-order chi connectivity index (χ1) is 10.2. The first-order valence-corrected chi connectivity index (χ1v) is 6.59. The van der Waals surface area contributed by atoms with Gasteiger partial charge in [0.05, 0.1) is 20.6 Å². The second-order valence-corrected chi connectivity index (χ2v) is 4.49. The van der Waals surface area contributed by atoms with Gasteiger partial charge in [0.2, 0.25) is 5.91 Å². The lowest BCUT2D eigenvalue weighted by Crippen LogP contribution is -2.24. The van der Waals surface area contributed by atoms with Crippen LogP contribution in [0.3, 0.4) is 0 Å². The SMILES string of the molecule is COc1ccc(OC)c(CC(=O)NCc2cccnc2)c1. The number of aromatic nitrogens is 1. The van der Waals surface area contributed by atoms with Crippen molar-refractivity contribution in [2.75, 3.05) is 14.2 Å². The number of carbonyl (C=O) groups excluding carboxylic acids is 1. The van der Waals surface area contributed by atoms with Crippen LogP contribution in [0.25, 0.3) is 0 Å². The van der Waals surface area contributed by atoms with E-state index in [4.69, 9.17) is 9.47 Å². The Hall–Kier alpha value is -2.56. The van der Waals surface area contributed by atoms with Gasteiger partial charge in [-0.3, -0.25) is 9.78 Å². The van der Waals surface area contributed by atoms with Crippen LogP contribution in [-0.4, -0.2) is 25.1 Å². The van der Waals surface area contributed by atoms with Crippen LogP contribution in [0.15, 0.2) is 42.7 Å². The predicted molar refractivity (Wildman–Crippen MR) is 79.3 cm³/mol. The molecule has 0 aliphatic rings. The van der Waals surface area contributed by atoms with Gasteiger partial charge in [0.1, 0.15) is 11.5 Å². The highest BCUT2D eigenvalue weighted by molar-refractivity contribution is 5.79. The molecule has 1 N–H and O–H groups in total. The van der Waals surface area contributed by atoms with Crippen molar-refractivity contribution in [2.45, 2.75) is 13.0 Å². The van der Waals surface area contributed by atoms with E-state index >= 15 is 0 Å². The zero-order chi connectivity index (χ0) is 15.1. The molecule has 0 spiro atoms. The highest BCUT2D eigenvalue weighted by Gasteiger charge is 2.10. The molecule has 2 aromatic rings. The van der Waals surface area contributed by atoms with Gasteiger partial charge in [0.25, 0.3) is 0 Å². The van der Waals surface area contributed by atoms with Gasteiger partial charge in [-0.05, 0) is 29.8 Å². The van der Waals surface area contributed by atoms with Crippen molar-refractivity contribution in [2.24, 2.45) is 0 Å². The third-order valence-corrected chi connectivity index (χ3v) is 3.05. The van der Waals surface area contributed by atoms with Crippen LogP contribution in [-0.2, 0) is 17.8 Å². The Morgan fingerprint density at radius 1 is 1.24 bits per heavy atom. The molecule has 1 amide bonds. The summed E-state index contributed by atoms with van der Waals surface area (Å²) < 4.78 is 10.4. The number of rotatable bonds is 6. The van der Waals surface area contributed by atoms with E-state index in [9.17, 15) is 4.79 Å². The Kier molecular flexibility index (Phi) is 5.15. The van der Waals surface area contributed by atoms with E-state index in [0.29, 0.717) is 18.0 Å². The average Bonchev–Trinajstić information content (AvgIpc) is 2.54. The summed E-state index contributed by atoms with van der Waals surface area (Å²) in [6.45, 7) is 0.457. The highest BCUT2D eigenvalue weighted by Crippen LogP contribution is 2.24. The van der Waals surface area contributed by atoms with Crippen LogP contribution in [0, 0.1) is 0 Å². The van der Waals surface area contributed by atoms with Crippen LogP contribution >= 0.6 is 0 Å². The van der Waals surface area contributed by atoms with E-state index in [0.717, 1.165) is 11.1 Å². The highest BCUT2D eigenvalue weighted by atomic mass is 16.5. The monoisotopic (exact) mass is 286 g/mol. The molecule has 21 heavy (non-hydrogen) atoms. The summed E-state index contributed by atoms with van der Waals surface area (Å²) in [6.07, 6.45) is 3.67. The van der Waals surface area contributed by atoms with Crippen molar-refractivity contribution in [3.05, 3.63) is 53.9 Å². The largest absolute Gasteiger partial charge is 0.497 e. The molecule has 0 saturated heterocycles. The Balaban J connectivity index is 1.99. The summed E-state index contributed by atoms with van der Waals surface area (Å²) in [5, 5.41) is 2.86. The molecule has 0 atom stereocenters. The van der Waals surface area contributed by atoms with E-state index in [2.05, 4.69) is 10.3 Å². The van der Waals surface area contributed by atoms with E-state index in [1.807, 2.05) is 18.2 Å². The number of methoxy groups -OCH3 is 2. The number of amides is 1. The molecule has 0 aliphatic heterocycles. The summed E-state index contributed by atoms with van der Waals surface area (Å²) in [4.78, 5) is 16.0. The van der Waals surface area contributed by atoms with Gasteiger partial charge in [0, 0.05) is 24.5 Å². The number of pyridine rings is 1. The molecule has 0 radical (unpaired) electrons. The van der Waals surface area contributed by atoms with Crippen LogP contribution < -0.4 is 14.8 Å². The normalized spacial score (nSPS) is 10.0. The minimum Gasteiger partial charge on any atom is -0.497 e. The first-order valence-electron chi connectivity index (χ1n) is 6.59. The summed E-state index contributed by atoms with van der Waals surface area (Å²) in [6, 6.07) is 9.16. The van der Waals surface area contributed by atoms with Crippen LogP contribution in [0.2, 0.25) is 0 Å². The fourth-order valence-corrected chi connectivity index (χ4v) is 1.96. The summed E-state index contributed by atoms with van der Waals surface area (Å²) in [5.74, 6) is 1.29. The van der Waals surface area contributed by atoms with Crippen molar-refractivity contribution in [3.63, 3.8) is 0 Å². The van der Waals surface area contributed by atoms with Gasteiger partial charge in [-0.15, -0.1) is 0 Å². The van der Waals surface area contributed by atoms with E-state index in [1.165, 1.54) is 0 Å². The first kappa shape index (κ1) is 14.8. The smallest absolute Gasteiger partial charge is 0.224 e. The van der Waals surface area contributed by atoms with Gasteiger partial charge in [-0.2, -0.15) is 0 Å². The van der Waals surface area contributed by atoms with E-state index < -0.39 is 0 Å². The fourth-order valence-electron chi connectivity index (χ4n) is 1.96. The van der Waals surface area contributed by atoms with Gasteiger partial charge in [-0.1, -0.05) is 6.07 Å². The van der Waals surface area contributed by atoms with E-state index in [-0.39, 0.29) is 12.3 Å². The molecule has 5 nitrogen and oxygen atoms in total. The van der Waals surface area contributed by atoms with Crippen LogP contribution in [0.5, 0.6) is 11.5 Å². The molecule has 0 bridgehead atoms. The topological polar surface area (TPSA) is 60.5 Å². The molecule has 110 valence electrons. The summed E-state index contributed by atoms with van der Waals surface area (Å²) in [5.41, 5.74) is 1.75. The summed E-state index contributed by atoms with van der Waals surface area (Å²) >= 11 is 0. The third kappa shape index (κ3) is 4.21. The van der Waals surface area contributed by atoms with Gasteiger partial charge in [-0.25, -0.2) is 0 Å². The number of ether oxygens (including phenoxy) is 2. The molecule has 1 aromatic carbocycles. The van der Waals surface area contributed by atoms with Crippen molar-refractivity contribution in [3.8, 4) is 11.5 Å². The Morgan fingerprint density at radius 2 is 2.10 bits per heavy atom. The molecule has 0 fully saturated rings. The quantitative estimate of drug-likeness (QED) is 0.882. The Labute approximate surface area is 123 Å². The molecule has 1 aromatic heterocycles. The van der Waals surface area contributed by atoms with E-state index in [1.54, 1.807) is 38.7 Å². The molecule has 5 heteroatoms. The predicted octanol–water partition coefficient (Wildman–Crippen LogP) is 1.96. The standard InChI is InChI=1S/C16H18N2O3/c1-20-14-5-6-15(21-2)13(8-14)9-16(19)18-11-12-4-3-7-17-10-12/h3-8,10H,9,11H2,1-2H3,(H,18,19). The number of benzene rings is 1. The number of nitrogens with one attached hydrogen (secondary N) is 1. The molecular weight excluding hydrogens is 268 g/mol. The maximum Gasteiger partial charge on any atom is 0.224 e. The number of nitrogens with zero attached hydrogens (tertiary/aromatic N) is 1. The van der Waals surface area contributed by atoms with Gasteiger partial charge < -0.3 is 14.8 Å². The maximum atomic E-state index is 12.0. The molecule has 0 saturated carbocycles. The van der Waals surface area contributed by atoms with Gasteiger partial charge >= 0.3 is 0 Å². The molecule has 2 rings (SSSR count). The van der Waals surface area contributed by atoms with Crippen LogP contribution in [0.4, 0.5) is 0 Å². The second kappa shape index (κ2) is 7.28. The molecule has 1 heterocycles. The van der Waals surface area contributed by atoms with Gasteiger partial charge in [0.15, 0.2) is 0 Å². The van der Waals surface area contributed by atoms with Crippen molar-refractivity contribution in [1.29, 1.82) is 0 Å². The van der Waals surface area contributed by atoms with Crippen molar-refractivity contribution >= 4 is 5.91 Å². The minimum atomic E-state index is -0.0783.